The zero-order valence-electron chi connectivity index (χ0n) is 22.6. The van der Waals surface area contributed by atoms with E-state index >= 15 is 0 Å². The van der Waals surface area contributed by atoms with Crippen LogP contribution in [-0.2, 0) is 12.5 Å². The molecule has 0 atom stereocenters. The summed E-state index contributed by atoms with van der Waals surface area (Å²) >= 11 is 0. The SMILES string of the molecule is Cc1ccc(C(=O)Nc2cc(C(C)(C)C)nn2C)cc1Nc1ncnn2cc(C(=O)NC(C)C)c(C)c12. The number of nitrogens with zero attached hydrogens (tertiary/aromatic N) is 5. The van der Waals surface area contributed by atoms with Crippen LogP contribution in [0.1, 0.15) is 72.2 Å². The Labute approximate surface area is 216 Å². The van der Waals surface area contributed by atoms with E-state index in [1.807, 2.05) is 46.9 Å². The van der Waals surface area contributed by atoms with E-state index in [2.05, 4.69) is 51.9 Å². The molecular formula is C27H34N8O2. The van der Waals surface area contributed by atoms with Crippen molar-refractivity contribution >= 4 is 34.7 Å². The van der Waals surface area contributed by atoms with Gasteiger partial charge >= 0.3 is 0 Å². The lowest BCUT2D eigenvalue weighted by Gasteiger charge is -2.13. The largest absolute Gasteiger partial charge is 0.350 e. The van der Waals surface area contributed by atoms with Crippen LogP contribution in [0.5, 0.6) is 0 Å². The number of aryl methyl sites for hydroxylation is 3. The van der Waals surface area contributed by atoms with E-state index in [9.17, 15) is 9.59 Å². The predicted octanol–water partition coefficient (Wildman–Crippen LogP) is 4.51. The molecule has 0 unspecified atom stereocenters. The fraction of sp³-hybridized carbons (Fsp3) is 0.370. The summed E-state index contributed by atoms with van der Waals surface area (Å²) in [5, 5.41) is 18.0. The molecule has 0 aliphatic heterocycles. The van der Waals surface area contributed by atoms with Gasteiger partial charge in [0.25, 0.3) is 11.8 Å². The molecule has 0 fully saturated rings. The first-order valence-corrected chi connectivity index (χ1v) is 12.2. The molecule has 194 valence electrons. The summed E-state index contributed by atoms with van der Waals surface area (Å²) in [6, 6.07) is 7.36. The summed E-state index contributed by atoms with van der Waals surface area (Å²) in [5.74, 6) is 0.756. The van der Waals surface area contributed by atoms with Gasteiger partial charge in [0.05, 0.1) is 11.3 Å². The molecule has 0 aliphatic carbocycles. The lowest BCUT2D eigenvalue weighted by molar-refractivity contribution is 0.0941. The Morgan fingerprint density at radius 2 is 1.78 bits per heavy atom. The van der Waals surface area contributed by atoms with Gasteiger partial charge in [-0.15, -0.1) is 0 Å². The molecular weight excluding hydrogens is 468 g/mol. The van der Waals surface area contributed by atoms with E-state index in [0.717, 1.165) is 22.5 Å². The predicted molar refractivity (Wildman–Crippen MR) is 145 cm³/mol. The van der Waals surface area contributed by atoms with Crippen LogP contribution in [0.15, 0.2) is 36.8 Å². The molecule has 0 aliphatic rings. The molecule has 0 saturated carbocycles. The van der Waals surface area contributed by atoms with Crippen molar-refractivity contribution in [3.8, 4) is 0 Å². The molecule has 4 rings (SSSR count). The fourth-order valence-electron chi connectivity index (χ4n) is 3.99. The lowest BCUT2D eigenvalue weighted by Crippen LogP contribution is -2.30. The minimum absolute atomic E-state index is 0.0153. The summed E-state index contributed by atoms with van der Waals surface area (Å²) in [4.78, 5) is 30.2. The van der Waals surface area contributed by atoms with Crippen molar-refractivity contribution in [1.82, 2.24) is 29.7 Å². The molecule has 2 amide bonds. The zero-order chi connectivity index (χ0) is 27.1. The van der Waals surface area contributed by atoms with Crippen molar-refractivity contribution in [2.75, 3.05) is 10.6 Å². The summed E-state index contributed by atoms with van der Waals surface area (Å²) in [6.07, 6.45) is 3.13. The molecule has 0 saturated heterocycles. The van der Waals surface area contributed by atoms with E-state index < -0.39 is 0 Å². The smallest absolute Gasteiger partial charge is 0.256 e. The Hall–Kier alpha value is -4.21. The van der Waals surface area contributed by atoms with Crippen LogP contribution in [0.3, 0.4) is 0 Å². The quantitative estimate of drug-likeness (QED) is 0.357. The van der Waals surface area contributed by atoms with Crippen molar-refractivity contribution < 1.29 is 9.59 Å². The van der Waals surface area contributed by atoms with Crippen molar-refractivity contribution in [3.05, 3.63) is 64.7 Å². The number of amides is 2. The second-order valence-electron chi connectivity index (χ2n) is 10.6. The number of anilines is 3. The standard InChI is InChI=1S/C27H34N8O2/c1-15(2)30-26(37)19-13-35-23(17(19)4)24(28-14-29-35)31-20-11-18(10-9-16(20)3)25(36)32-22-12-21(27(5,6)7)33-34(22)8/h9-15H,1-8H3,(H,30,37)(H,32,36)(H,28,29,31). The monoisotopic (exact) mass is 502 g/mol. The second-order valence-corrected chi connectivity index (χ2v) is 10.6. The Balaban J connectivity index is 1.63. The maximum Gasteiger partial charge on any atom is 0.256 e. The molecule has 3 N–H and O–H groups in total. The maximum atomic E-state index is 13.1. The number of hydrogen-bond donors (Lipinski definition) is 3. The van der Waals surface area contributed by atoms with Gasteiger partial charge in [-0.2, -0.15) is 10.2 Å². The molecule has 10 heteroatoms. The number of aromatic nitrogens is 5. The Morgan fingerprint density at radius 3 is 2.43 bits per heavy atom. The summed E-state index contributed by atoms with van der Waals surface area (Å²) < 4.78 is 3.31. The van der Waals surface area contributed by atoms with Crippen LogP contribution in [0.25, 0.3) is 5.52 Å². The van der Waals surface area contributed by atoms with E-state index in [4.69, 9.17) is 0 Å². The van der Waals surface area contributed by atoms with Gasteiger partial charge in [-0.25, -0.2) is 9.50 Å². The highest BCUT2D eigenvalue weighted by Crippen LogP contribution is 2.28. The van der Waals surface area contributed by atoms with Crippen molar-refractivity contribution in [2.24, 2.45) is 7.05 Å². The topological polar surface area (TPSA) is 118 Å². The maximum absolute atomic E-state index is 13.1. The van der Waals surface area contributed by atoms with Crippen molar-refractivity contribution in [1.29, 1.82) is 0 Å². The van der Waals surface area contributed by atoms with Gasteiger partial charge in [0.1, 0.15) is 17.7 Å². The average Bonchev–Trinajstić information content (AvgIpc) is 3.35. The van der Waals surface area contributed by atoms with Gasteiger partial charge in [-0.1, -0.05) is 26.8 Å². The van der Waals surface area contributed by atoms with Gasteiger partial charge in [-0.05, 0) is 51.0 Å². The highest BCUT2D eigenvalue weighted by Gasteiger charge is 2.21. The van der Waals surface area contributed by atoms with Crippen molar-refractivity contribution in [2.45, 2.75) is 59.9 Å². The summed E-state index contributed by atoms with van der Waals surface area (Å²) in [7, 11) is 1.81. The number of hydrogen-bond acceptors (Lipinski definition) is 6. The lowest BCUT2D eigenvalue weighted by atomic mass is 9.92. The zero-order valence-corrected chi connectivity index (χ0v) is 22.6. The second kappa shape index (κ2) is 9.68. The van der Waals surface area contributed by atoms with Gasteiger partial charge in [0.2, 0.25) is 0 Å². The molecule has 0 radical (unpaired) electrons. The van der Waals surface area contributed by atoms with E-state index in [0.29, 0.717) is 28.3 Å². The minimum atomic E-state index is -0.245. The first-order valence-electron chi connectivity index (χ1n) is 12.2. The minimum Gasteiger partial charge on any atom is -0.350 e. The average molecular weight is 503 g/mol. The third-order valence-electron chi connectivity index (χ3n) is 6.13. The van der Waals surface area contributed by atoms with Gasteiger partial charge in [0.15, 0.2) is 5.82 Å². The van der Waals surface area contributed by atoms with Crippen LogP contribution in [-0.4, -0.2) is 42.2 Å². The first kappa shape index (κ1) is 25.9. The van der Waals surface area contributed by atoms with Crippen LogP contribution in [0, 0.1) is 13.8 Å². The molecule has 10 nitrogen and oxygen atoms in total. The normalized spacial score (nSPS) is 11.7. The molecule has 37 heavy (non-hydrogen) atoms. The van der Waals surface area contributed by atoms with Crippen LogP contribution in [0.2, 0.25) is 0 Å². The third kappa shape index (κ3) is 5.32. The molecule has 4 aromatic rings. The van der Waals surface area contributed by atoms with Crippen LogP contribution in [0.4, 0.5) is 17.3 Å². The first-order chi connectivity index (χ1) is 17.3. The molecule has 3 heterocycles. The Kier molecular flexibility index (Phi) is 6.77. The number of fused-ring (bicyclic) bond motifs is 1. The number of rotatable bonds is 6. The molecule has 3 aromatic heterocycles. The van der Waals surface area contributed by atoms with Crippen LogP contribution >= 0.6 is 0 Å². The fourth-order valence-corrected chi connectivity index (χ4v) is 3.99. The number of nitrogens with one attached hydrogen (secondary N) is 3. The summed E-state index contributed by atoms with van der Waals surface area (Å²) in [5.41, 5.74) is 4.90. The Morgan fingerprint density at radius 1 is 1.05 bits per heavy atom. The summed E-state index contributed by atoms with van der Waals surface area (Å²) in [6.45, 7) is 13.9. The van der Waals surface area contributed by atoms with Crippen molar-refractivity contribution in [3.63, 3.8) is 0 Å². The Bertz CT molecular complexity index is 1490. The van der Waals surface area contributed by atoms with E-state index in [1.54, 1.807) is 27.5 Å². The number of benzene rings is 1. The van der Waals surface area contributed by atoms with Gasteiger partial charge < -0.3 is 16.0 Å². The van der Waals surface area contributed by atoms with E-state index in [-0.39, 0.29) is 23.3 Å². The molecule has 0 bridgehead atoms. The number of carbonyl (C=O) groups is 2. The van der Waals surface area contributed by atoms with E-state index in [1.165, 1.54) is 6.33 Å². The highest BCUT2D eigenvalue weighted by molar-refractivity contribution is 6.05. The van der Waals surface area contributed by atoms with Gasteiger partial charge in [0, 0.05) is 42.0 Å². The van der Waals surface area contributed by atoms with Gasteiger partial charge in [-0.3, -0.25) is 14.3 Å². The highest BCUT2D eigenvalue weighted by atomic mass is 16.2. The van der Waals surface area contributed by atoms with Crippen LogP contribution < -0.4 is 16.0 Å². The number of carbonyl (C=O) groups excluding carboxylic acids is 2. The molecule has 0 spiro atoms. The molecule has 1 aromatic carbocycles. The third-order valence-corrected chi connectivity index (χ3v) is 6.13.